The number of rotatable bonds is 6. The number of nitrogen functional groups attached to an aromatic ring is 1. The van der Waals surface area contributed by atoms with E-state index in [1.165, 1.54) is 6.33 Å². The molecule has 2 aromatic rings. The fraction of sp³-hybridized carbons (Fsp3) is 0.231. The monoisotopic (exact) mass is 337 g/mol. The van der Waals surface area contributed by atoms with Crippen LogP contribution < -0.4 is 16.4 Å². The average molecular weight is 338 g/mol. The quantitative estimate of drug-likeness (QED) is 0.702. The standard InChI is InChI=1S/C13H16BrN5O/c1-20-7-6-16-12-11(15)13(18-8-17-12)19-10-4-2-9(14)3-5-10/h2-5,8H,6-7,15H2,1H3,(H2,16,17,18,19). The molecule has 106 valence electrons. The number of ether oxygens (including phenoxy) is 1. The number of halogens is 1. The van der Waals surface area contributed by atoms with E-state index in [0.717, 1.165) is 10.2 Å². The lowest BCUT2D eigenvalue weighted by Crippen LogP contribution is -2.12. The maximum Gasteiger partial charge on any atom is 0.159 e. The van der Waals surface area contributed by atoms with Crippen LogP contribution in [0.3, 0.4) is 0 Å². The summed E-state index contributed by atoms with van der Waals surface area (Å²) in [4.78, 5) is 8.27. The van der Waals surface area contributed by atoms with Crippen LogP contribution in [0, 0.1) is 0 Å². The van der Waals surface area contributed by atoms with Crippen LogP contribution in [0.2, 0.25) is 0 Å². The maximum absolute atomic E-state index is 6.04. The summed E-state index contributed by atoms with van der Waals surface area (Å²) in [5.74, 6) is 1.17. The molecule has 0 spiro atoms. The molecule has 1 aromatic carbocycles. The van der Waals surface area contributed by atoms with E-state index in [2.05, 4.69) is 36.5 Å². The van der Waals surface area contributed by atoms with E-state index in [9.17, 15) is 0 Å². The van der Waals surface area contributed by atoms with Crippen LogP contribution in [0.25, 0.3) is 0 Å². The van der Waals surface area contributed by atoms with Crippen molar-refractivity contribution in [3.8, 4) is 0 Å². The molecule has 6 nitrogen and oxygen atoms in total. The number of nitrogens with one attached hydrogen (secondary N) is 2. The molecule has 0 fully saturated rings. The van der Waals surface area contributed by atoms with Gasteiger partial charge in [0.05, 0.1) is 6.61 Å². The molecule has 0 aliphatic rings. The van der Waals surface area contributed by atoms with Crippen LogP contribution in [0.4, 0.5) is 23.0 Å². The molecule has 0 radical (unpaired) electrons. The first-order valence-electron chi connectivity index (χ1n) is 6.06. The normalized spacial score (nSPS) is 10.3. The van der Waals surface area contributed by atoms with Gasteiger partial charge in [0.15, 0.2) is 11.6 Å². The van der Waals surface area contributed by atoms with Crippen molar-refractivity contribution in [3.05, 3.63) is 35.1 Å². The second kappa shape index (κ2) is 7.06. The van der Waals surface area contributed by atoms with E-state index < -0.39 is 0 Å². The van der Waals surface area contributed by atoms with Crippen LogP contribution in [0.1, 0.15) is 0 Å². The van der Waals surface area contributed by atoms with Crippen molar-refractivity contribution >= 4 is 38.9 Å². The minimum Gasteiger partial charge on any atom is -0.393 e. The van der Waals surface area contributed by atoms with Gasteiger partial charge in [-0.25, -0.2) is 9.97 Å². The summed E-state index contributed by atoms with van der Waals surface area (Å²) in [5.41, 5.74) is 7.43. The number of nitrogens with zero attached hydrogens (tertiary/aromatic N) is 2. The summed E-state index contributed by atoms with van der Waals surface area (Å²) in [6.45, 7) is 1.22. The summed E-state index contributed by atoms with van der Waals surface area (Å²) in [6, 6.07) is 7.75. The number of benzene rings is 1. The van der Waals surface area contributed by atoms with Gasteiger partial charge in [0, 0.05) is 23.8 Å². The van der Waals surface area contributed by atoms with Gasteiger partial charge in [-0.2, -0.15) is 0 Å². The second-order valence-electron chi connectivity index (χ2n) is 4.04. The predicted molar refractivity (Wildman–Crippen MR) is 84.2 cm³/mol. The van der Waals surface area contributed by atoms with Crippen LogP contribution in [-0.4, -0.2) is 30.2 Å². The predicted octanol–water partition coefficient (Wildman–Crippen LogP) is 2.62. The maximum atomic E-state index is 6.04. The van der Waals surface area contributed by atoms with Crippen molar-refractivity contribution in [1.29, 1.82) is 0 Å². The smallest absolute Gasteiger partial charge is 0.159 e. The van der Waals surface area contributed by atoms with Crippen LogP contribution >= 0.6 is 15.9 Å². The largest absolute Gasteiger partial charge is 0.393 e. The minimum atomic E-state index is 0.478. The van der Waals surface area contributed by atoms with E-state index in [0.29, 0.717) is 30.5 Å². The molecule has 7 heteroatoms. The SMILES string of the molecule is COCCNc1ncnc(Nc2ccc(Br)cc2)c1N. The van der Waals surface area contributed by atoms with E-state index in [-0.39, 0.29) is 0 Å². The molecule has 2 rings (SSSR count). The lowest BCUT2D eigenvalue weighted by molar-refractivity contribution is 0.210. The van der Waals surface area contributed by atoms with E-state index in [4.69, 9.17) is 10.5 Å². The van der Waals surface area contributed by atoms with Gasteiger partial charge < -0.3 is 21.1 Å². The molecule has 0 aliphatic carbocycles. The second-order valence-corrected chi connectivity index (χ2v) is 4.95. The fourth-order valence-electron chi connectivity index (χ4n) is 1.58. The number of anilines is 4. The van der Waals surface area contributed by atoms with E-state index in [1.54, 1.807) is 7.11 Å². The van der Waals surface area contributed by atoms with Gasteiger partial charge >= 0.3 is 0 Å². The Hall–Kier alpha value is -1.86. The molecule has 1 heterocycles. The Morgan fingerprint density at radius 1 is 1.20 bits per heavy atom. The molecular formula is C13H16BrN5O. The van der Waals surface area contributed by atoms with Gasteiger partial charge in [-0.05, 0) is 24.3 Å². The highest BCUT2D eigenvalue weighted by atomic mass is 79.9. The number of methoxy groups -OCH3 is 1. The third-order valence-electron chi connectivity index (χ3n) is 2.59. The summed E-state index contributed by atoms with van der Waals surface area (Å²) < 4.78 is 5.99. The van der Waals surface area contributed by atoms with Crippen molar-refractivity contribution in [1.82, 2.24) is 9.97 Å². The molecular weight excluding hydrogens is 322 g/mol. The molecule has 4 N–H and O–H groups in total. The summed E-state index contributed by atoms with van der Waals surface area (Å²) in [5, 5.41) is 6.26. The number of hydrogen-bond acceptors (Lipinski definition) is 6. The Morgan fingerprint density at radius 3 is 2.60 bits per heavy atom. The number of hydrogen-bond donors (Lipinski definition) is 3. The molecule has 0 aliphatic heterocycles. The van der Waals surface area contributed by atoms with E-state index in [1.807, 2.05) is 24.3 Å². The Bertz CT molecular complexity index is 561. The van der Waals surface area contributed by atoms with Crippen molar-refractivity contribution in [2.45, 2.75) is 0 Å². The van der Waals surface area contributed by atoms with Crippen LogP contribution in [0.5, 0.6) is 0 Å². The summed E-state index contributed by atoms with van der Waals surface area (Å²) in [7, 11) is 1.64. The molecule has 0 saturated heterocycles. The molecule has 1 aromatic heterocycles. The van der Waals surface area contributed by atoms with Crippen molar-refractivity contribution in [2.24, 2.45) is 0 Å². The first-order valence-corrected chi connectivity index (χ1v) is 6.86. The average Bonchev–Trinajstić information content (AvgIpc) is 2.45. The highest BCUT2D eigenvalue weighted by Crippen LogP contribution is 2.26. The number of nitrogens with two attached hydrogens (primary N) is 1. The zero-order valence-corrected chi connectivity index (χ0v) is 12.6. The highest BCUT2D eigenvalue weighted by molar-refractivity contribution is 9.10. The Kier molecular flexibility index (Phi) is 5.14. The van der Waals surface area contributed by atoms with Gasteiger partial charge in [0.25, 0.3) is 0 Å². The first kappa shape index (κ1) is 14.5. The third-order valence-corrected chi connectivity index (χ3v) is 3.12. The molecule has 0 atom stereocenters. The third kappa shape index (κ3) is 3.82. The summed E-state index contributed by atoms with van der Waals surface area (Å²) in [6.07, 6.45) is 1.46. The van der Waals surface area contributed by atoms with Gasteiger partial charge in [-0.1, -0.05) is 15.9 Å². The molecule has 0 amide bonds. The number of aromatic nitrogens is 2. The first-order chi connectivity index (χ1) is 9.70. The Morgan fingerprint density at radius 2 is 1.90 bits per heavy atom. The Labute approximate surface area is 125 Å². The summed E-state index contributed by atoms with van der Waals surface area (Å²) >= 11 is 3.39. The van der Waals surface area contributed by atoms with Crippen LogP contribution in [0.15, 0.2) is 35.1 Å². The van der Waals surface area contributed by atoms with Gasteiger partial charge in [0.2, 0.25) is 0 Å². The van der Waals surface area contributed by atoms with E-state index >= 15 is 0 Å². The van der Waals surface area contributed by atoms with Gasteiger partial charge in [-0.3, -0.25) is 0 Å². The lowest BCUT2D eigenvalue weighted by Gasteiger charge is -2.12. The van der Waals surface area contributed by atoms with Gasteiger partial charge in [-0.15, -0.1) is 0 Å². The zero-order valence-electron chi connectivity index (χ0n) is 11.1. The topological polar surface area (TPSA) is 85.1 Å². The van der Waals surface area contributed by atoms with Crippen molar-refractivity contribution in [2.75, 3.05) is 36.6 Å². The van der Waals surface area contributed by atoms with Gasteiger partial charge in [0.1, 0.15) is 12.0 Å². The Balaban J connectivity index is 2.11. The van der Waals surface area contributed by atoms with Crippen molar-refractivity contribution in [3.63, 3.8) is 0 Å². The van der Waals surface area contributed by atoms with Crippen molar-refractivity contribution < 1.29 is 4.74 Å². The lowest BCUT2D eigenvalue weighted by atomic mass is 10.3. The molecule has 0 bridgehead atoms. The fourth-order valence-corrected chi connectivity index (χ4v) is 1.84. The molecule has 0 unspecified atom stereocenters. The molecule has 20 heavy (non-hydrogen) atoms. The van der Waals surface area contributed by atoms with Crippen LogP contribution in [-0.2, 0) is 4.74 Å². The molecule has 0 saturated carbocycles. The highest BCUT2D eigenvalue weighted by Gasteiger charge is 2.07. The zero-order chi connectivity index (χ0) is 14.4. The minimum absolute atomic E-state index is 0.478.